The number of carbonyl (C=O) groups excluding carboxylic acids is 1. The lowest BCUT2D eigenvalue weighted by atomic mass is 10.3. The van der Waals surface area contributed by atoms with Gasteiger partial charge in [-0.3, -0.25) is 4.79 Å². The van der Waals surface area contributed by atoms with Crippen LogP contribution in [0.5, 0.6) is 11.5 Å². The first kappa shape index (κ1) is 18.6. The first-order valence-corrected chi connectivity index (χ1v) is 8.95. The summed E-state index contributed by atoms with van der Waals surface area (Å²) in [5.74, 6) is 1.64. The molecule has 0 saturated carbocycles. The fraction of sp³-hybridized carbons (Fsp3) is 0.235. The lowest BCUT2D eigenvalue weighted by molar-refractivity contribution is -0.113. The van der Waals surface area contributed by atoms with Gasteiger partial charge in [0.15, 0.2) is 0 Å². The Kier molecular flexibility index (Phi) is 5.87. The number of amides is 1. The predicted molar refractivity (Wildman–Crippen MR) is 101 cm³/mol. The zero-order chi connectivity index (χ0) is 19.2. The van der Waals surface area contributed by atoms with Crippen molar-refractivity contribution >= 4 is 23.5 Å². The average Bonchev–Trinajstić information content (AvgIpc) is 3.16. The number of aryl methyl sites for hydroxylation is 1. The third kappa shape index (κ3) is 4.53. The molecule has 0 aliphatic heterocycles. The minimum absolute atomic E-state index is 0.127. The largest absolute Gasteiger partial charge is 0.497 e. The fourth-order valence-electron chi connectivity index (χ4n) is 2.23. The number of rotatable bonds is 7. The molecule has 0 aliphatic rings. The standard InChI is InChI=1S/C17H18N6O3S/c1-11-4-7-15(18-9-11)19-16(24)10-27-17-20-21-22-23(17)13-8-12(25-2)5-6-14(13)26-3/h4-9H,10H2,1-3H3,(H,18,19,24). The maximum Gasteiger partial charge on any atom is 0.236 e. The van der Waals surface area contributed by atoms with E-state index in [0.717, 1.165) is 5.56 Å². The number of carbonyl (C=O) groups is 1. The molecule has 3 aromatic rings. The van der Waals surface area contributed by atoms with Crippen LogP contribution < -0.4 is 14.8 Å². The van der Waals surface area contributed by atoms with E-state index in [1.807, 2.05) is 13.0 Å². The molecular formula is C17H18N6O3S. The molecule has 9 nitrogen and oxygen atoms in total. The molecule has 0 unspecified atom stereocenters. The smallest absolute Gasteiger partial charge is 0.236 e. The molecule has 1 N–H and O–H groups in total. The number of pyridine rings is 1. The molecule has 3 rings (SSSR count). The van der Waals surface area contributed by atoms with Crippen molar-refractivity contribution < 1.29 is 14.3 Å². The van der Waals surface area contributed by atoms with Crippen molar-refractivity contribution in [3.8, 4) is 17.2 Å². The average molecular weight is 386 g/mol. The maximum absolute atomic E-state index is 12.2. The fourth-order valence-corrected chi connectivity index (χ4v) is 2.92. The SMILES string of the molecule is COc1ccc(OC)c(-n2nnnc2SCC(=O)Nc2ccc(C)cn2)c1. The van der Waals surface area contributed by atoms with Gasteiger partial charge in [-0.05, 0) is 41.1 Å². The van der Waals surface area contributed by atoms with Gasteiger partial charge in [0.2, 0.25) is 11.1 Å². The Morgan fingerprint density at radius 3 is 2.78 bits per heavy atom. The van der Waals surface area contributed by atoms with Crippen molar-refractivity contribution in [2.45, 2.75) is 12.1 Å². The highest BCUT2D eigenvalue weighted by Gasteiger charge is 2.16. The van der Waals surface area contributed by atoms with E-state index in [0.29, 0.717) is 28.2 Å². The Labute approximate surface area is 160 Å². The summed E-state index contributed by atoms with van der Waals surface area (Å²) >= 11 is 1.20. The number of ether oxygens (including phenoxy) is 2. The second kappa shape index (κ2) is 8.49. The van der Waals surface area contributed by atoms with E-state index in [-0.39, 0.29) is 11.7 Å². The van der Waals surface area contributed by atoms with Crippen LogP contribution in [0.15, 0.2) is 41.7 Å². The van der Waals surface area contributed by atoms with Crippen molar-refractivity contribution in [2.24, 2.45) is 0 Å². The molecule has 0 fully saturated rings. The number of nitrogens with zero attached hydrogens (tertiary/aromatic N) is 5. The molecule has 10 heteroatoms. The molecule has 1 aromatic carbocycles. The predicted octanol–water partition coefficient (Wildman–Crippen LogP) is 2.11. The van der Waals surface area contributed by atoms with E-state index in [4.69, 9.17) is 9.47 Å². The number of tetrazole rings is 1. The van der Waals surface area contributed by atoms with Crippen LogP contribution in [0, 0.1) is 6.92 Å². The molecule has 0 atom stereocenters. The summed E-state index contributed by atoms with van der Waals surface area (Å²) in [7, 11) is 3.13. The van der Waals surface area contributed by atoms with E-state index in [1.54, 1.807) is 44.7 Å². The molecule has 140 valence electrons. The van der Waals surface area contributed by atoms with E-state index < -0.39 is 0 Å². The first-order valence-electron chi connectivity index (χ1n) is 7.97. The zero-order valence-corrected chi connectivity index (χ0v) is 15.9. The number of nitrogens with one attached hydrogen (secondary N) is 1. The summed E-state index contributed by atoms with van der Waals surface area (Å²) in [5, 5.41) is 14.9. The van der Waals surface area contributed by atoms with Gasteiger partial charge in [-0.25, -0.2) is 4.98 Å². The molecule has 2 aromatic heterocycles. The molecule has 0 radical (unpaired) electrons. The van der Waals surface area contributed by atoms with E-state index in [9.17, 15) is 4.79 Å². The minimum atomic E-state index is -0.205. The van der Waals surface area contributed by atoms with E-state index in [2.05, 4.69) is 25.8 Å². The van der Waals surface area contributed by atoms with Gasteiger partial charge in [-0.15, -0.1) is 5.10 Å². The second-order valence-corrected chi connectivity index (χ2v) is 6.41. The highest BCUT2D eigenvalue weighted by atomic mass is 32.2. The molecule has 0 spiro atoms. The zero-order valence-electron chi connectivity index (χ0n) is 15.0. The Balaban J connectivity index is 1.72. The van der Waals surface area contributed by atoms with Gasteiger partial charge in [-0.2, -0.15) is 4.68 Å². The molecule has 0 bridgehead atoms. The quantitative estimate of drug-likeness (QED) is 0.616. The molecule has 0 saturated heterocycles. The maximum atomic E-state index is 12.2. The van der Waals surface area contributed by atoms with Crippen molar-refractivity contribution in [1.29, 1.82) is 0 Å². The highest BCUT2D eigenvalue weighted by Crippen LogP contribution is 2.29. The number of aromatic nitrogens is 5. The number of hydrogen-bond acceptors (Lipinski definition) is 8. The monoisotopic (exact) mass is 386 g/mol. The van der Waals surface area contributed by atoms with E-state index >= 15 is 0 Å². The number of anilines is 1. The van der Waals surface area contributed by atoms with Gasteiger partial charge >= 0.3 is 0 Å². The molecule has 1 amide bonds. The Morgan fingerprint density at radius 2 is 2.07 bits per heavy atom. The van der Waals surface area contributed by atoms with Crippen LogP contribution >= 0.6 is 11.8 Å². The molecular weight excluding hydrogens is 368 g/mol. The van der Waals surface area contributed by atoms with Gasteiger partial charge in [0.1, 0.15) is 23.0 Å². The Morgan fingerprint density at radius 1 is 1.22 bits per heavy atom. The third-order valence-corrected chi connectivity index (χ3v) is 4.49. The minimum Gasteiger partial charge on any atom is -0.497 e. The van der Waals surface area contributed by atoms with Crippen molar-refractivity contribution in [3.05, 3.63) is 42.1 Å². The van der Waals surface area contributed by atoms with Gasteiger partial charge < -0.3 is 14.8 Å². The topological polar surface area (TPSA) is 104 Å². The van der Waals surface area contributed by atoms with Crippen LogP contribution in [0.1, 0.15) is 5.56 Å². The molecule has 2 heterocycles. The lowest BCUT2D eigenvalue weighted by Gasteiger charge is -2.11. The normalized spacial score (nSPS) is 10.5. The molecule has 27 heavy (non-hydrogen) atoms. The summed E-state index contributed by atoms with van der Waals surface area (Å²) in [6.07, 6.45) is 1.69. The number of benzene rings is 1. The van der Waals surface area contributed by atoms with Crippen LogP contribution in [0.3, 0.4) is 0 Å². The Bertz CT molecular complexity index is 929. The van der Waals surface area contributed by atoms with Gasteiger partial charge in [0.05, 0.1) is 20.0 Å². The summed E-state index contributed by atoms with van der Waals surface area (Å²) < 4.78 is 12.1. The lowest BCUT2D eigenvalue weighted by Crippen LogP contribution is -2.15. The van der Waals surface area contributed by atoms with Crippen LogP contribution in [-0.4, -0.2) is 51.1 Å². The van der Waals surface area contributed by atoms with Crippen LogP contribution in [0.25, 0.3) is 5.69 Å². The van der Waals surface area contributed by atoms with Crippen LogP contribution in [0.4, 0.5) is 5.82 Å². The van der Waals surface area contributed by atoms with Gasteiger partial charge in [0, 0.05) is 12.3 Å². The van der Waals surface area contributed by atoms with Gasteiger partial charge in [-0.1, -0.05) is 17.8 Å². The number of hydrogen-bond donors (Lipinski definition) is 1. The second-order valence-electron chi connectivity index (χ2n) is 5.47. The molecule has 0 aliphatic carbocycles. The number of thioether (sulfide) groups is 1. The first-order chi connectivity index (χ1) is 13.1. The summed E-state index contributed by atoms with van der Waals surface area (Å²) in [4.78, 5) is 16.3. The van der Waals surface area contributed by atoms with Crippen molar-refractivity contribution in [3.63, 3.8) is 0 Å². The summed E-state index contributed by atoms with van der Waals surface area (Å²) in [5.41, 5.74) is 1.64. The van der Waals surface area contributed by atoms with Crippen LogP contribution in [-0.2, 0) is 4.79 Å². The van der Waals surface area contributed by atoms with Crippen LogP contribution in [0.2, 0.25) is 0 Å². The van der Waals surface area contributed by atoms with Crippen molar-refractivity contribution in [1.82, 2.24) is 25.2 Å². The van der Waals surface area contributed by atoms with E-state index in [1.165, 1.54) is 16.4 Å². The van der Waals surface area contributed by atoms with Crippen molar-refractivity contribution in [2.75, 3.05) is 25.3 Å². The summed E-state index contributed by atoms with van der Waals surface area (Å²) in [6.45, 7) is 1.93. The summed E-state index contributed by atoms with van der Waals surface area (Å²) in [6, 6.07) is 8.94. The third-order valence-electron chi connectivity index (χ3n) is 3.57. The van der Waals surface area contributed by atoms with Gasteiger partial charge in [0.25, 0.3) is 0 Å². The highest BCUT2D eigenvalue weighted by molar-refractivity contribution is 7.99. The Hall–Kier alpha value is -3.14. The number of methoxy groups -OCH3 is 2.